The molecule has 3 rings (SSSR count). The Labute approximate surface area is 113 Å². The summed E-state index contributed by atoms with van der Waals surface area (Å²) < 4.78 is 1.57. The molecule has 1 amide bonds. The van der Waals surface area contributed by atoms with Crippen LogP contribution in [0.1, 0.15) is 30.3 Å². The number of nitrogens with zero attached hydrogens (tertiary/aromatic N) is 4. The third-order valence-corrected chi connectivity index (χ3v) is 4.37. The van der Waals surface area contributed by atoms with E-state index in [0.717, 1.165) is 13.1 Å². The summed E-state index contributed by atoms with van der Waals surface area (Å²) in [6, 6.07) is 0.755. The Morgan fingerprint density at radius 2 is 2.26 bits per heavy atom. The molecule has 2 aliphatic heterocycles. The van der Waals surface area contributed by atoms with Crippen LogP contribution in [0.15, 0.2) is 6.20 Å². The van der Waals surface area contributed by atoms with Gasteiger partial charge in [-0.15, -0.1) is 0 Å². The molecule has 6 nitrogen and oxygen atoms in total. The molecule has 104 valence electrons. The number of carbonyl (C=O) groups excluding carboxylic acids is 1. The number of piperazine rings is 1. The number of hydrogen-bond acceptors (Lipinski definition) is 4. The highest BCUT2D eigenvalue weighted by molar-refractivity contribution is 5.97. The van der Waals surface area contributed by atoms with E-state index >= 15 is 0 Å². The number of amides is 1. The molecular weight excluding hydrogens is 242 g/mol. The van der Waals surface area contributed by atoms with E-state index in [0.29, 0.717) is 17.4 Å². The summed E-state index contributed by atoms with van der Waals surface area (Å²) in [5.74, 6) is 0.0107. The second kappa shape index (κ2) is 4.52. The summed E-state index contributed by atoms with van der Waals surface area (Å²) in [6.45, 7) is 5.06. The number of hydrogen-bond donors (Lipinski definition) is 1. The zero-order valence-corrected chi connectivity index (χ0v) is 11.5. The monoisotopic (exact) mass is 263 g/mol. The second-order valence-corrected chi connectivity index (χ2v) is 5.67. The van der Waals surface area contributed by atoms with Crippen LogP contribution in [0, 0.1) is 0 Å². The van der Waals surface area contributed by atoms with Crippen molar-refractivity contribution in [3.05, 3.63) is 11.9 Å². The Balaban J connectivity index is 1.83. The molecule has 1 aromatic rings. The lowest BCUT2D eigenvalue weighted by atomic mass is 10.1. The summed E-state index contributed by atoms with van der Waals surface area (Å²) in [5, 5.41) is 4.06. The minimum atomic E-state index is 0.0107. The van der Waals surface area contributed by atoms with Crippen molar-refractivity contribution >= 4 is 11.6 Å². The predicted molar refractivity (Wildman–Crippen MR) is 72.7 cm³/mol. The van der Waals surface area contributed by atoms with Crippen molar-refractivity contribution in [3.8, 4) is 0 Å². The highest BCUT2D eigenvalue weighted by Gasteiger charge is 2.37. The maximum atomic E-state index is 12.7. The average molecular weight is 263 g/mol. The number of nitrogens with two attached hydrogens (primary N) is 1. The van der Waals surface area contributed by atoms with E-state index in [1.54, 1.807) is 17.9 Å². The molecule has 6 heteroatoms. The van der Waals surface area contributed by atoms with Gasteiger partial charge in [0.1, 0.15) is 5.69 Å². The van der Waals surface area contributed by atoms with Crippen LogP contribution in [0.2, 0.25) is 0 Å². The first-order valence-electron chi connectivity index (χ1n) is 6.90. The van der Waals surface area contributed by atoms with E-state index in [1.165, 1.54) is 19.4 Å². The third-order valence-electron chi connectivity index (χ3n) is 4.37. The Hall–Kier alpha value is -1.56. The SMILES string of the molecule is CC1CN2CCCC2CN1C(=O)c1c(N)cnn1C. The van der Waals surface area contributed by atoms with Crippen LogP contribution in [0.3, 0.4) is 0 Å². The third kappa shape index (κ3) is 2.00. The van der Waals surface area contributed by atoms with Crippen molar-refractivity contribution in [2.75, 3.05) is 25.4 Å². The van der Waals surface area contributed by atoms with E-state index in [9.17, 15) is 4.79 Å². The van der Waals surface area contributed by atoms with E-state index in [2.05, 4.69) is 16.9 Å². The molecule has 0 aliphatic carbocycles. The molecule has 19 heavy (non-hydrogen) atoms. The molecular formula is C13H21N5O. The summed E-state index contributed by atoms with van der Waals surface area (Å²) >= 11 is 0. The minimum absolute atomic E-state index is 0.0107. The van der Waals surface area contributed by atoms with Gasteiger partial charge in [-0.05, 0) is 26.3 Å². The van der Waals surface area contributed by atoms with Gasteiger partial charge in [-0.1, -0.05) is 0 Å². The van der Waals surface area contributed by atoms with Gasteiger partial charge in [0.25, 0.3) is 5.91 Å². The van der Waals surface area contributed by atoms with Gasteiger partial charge in [-0.2, -0.15) is 5.10 Å². The fourth-order valence-corrected chi connectivity index (χ4v) is 3.32. The largest absolute Gasteiger partial charge is 0.396 e. The van der Waals surface area contributed by atoms with Crippen molar-refractivity contribution in [2.24, 2.45) is 7.05 Å². The first kappa shape index (κ1) is 12.5. The van der Waals surface area contributed by atoms with Gasteiger partial charge in [0.2, 0.25) is 0 Å². The minimum Gasteiger partial charge on any atom is -0.396 e. The molecule has 0 aromatic carbocycles. The number of aromatic nitrogens is 2. The average Bonchev–Trinajstić information content (AvgIpc) is 2.94. The highest BCUT2D eigenvalue weighted by Crippen LogP contribution is 2.26. The Morgan fingerprint density at radius 3 is 2.95 bits per heavy atom. The van der Waals surface area contributed by atoms with Gasteiger partial charge < -0.3 is 10.6 Å². The van der Waals surface area contributed by atoms with Crippen LogP contribution in [0.25, 0.3) is 0 Å². The first-order chi connectivity index (χ1) is 9.08. The van der Waals surface area contributed by atoms with Crippen LogP contribution >= 0.6 is 0 Å². The first-order valence-corrected chi connectivity index (χ1v) is 6.90. The Morgan fingerprint density at radius 1 is 1.47 bits per heavy atom. The molecule has 2 N–H and O–H groups in total. The van der Waals surface area contributed by atoms with Crippen molar-refractivity contribution in [1.29, 1.82) is 0 Å². The molecule has 2 saturated heterocycles. The number of aryl methyl sites for hydroxylation is 1. The second-order valence-electron chi connectivity index (χ2n) is 5.67. The van der Waals surface area contributed by atoms with Gasteiger partial charge in [-0.3, -0.25) is 14.4 Å². The quantitative estimate of drug-likeness (QED) is 0.792. The Bertz CT molecular complexity index is 478. The number of fused-ring (bicyclic) bond motifs is 1. The molecule has 2 unspecified atom stereocenters. The summed E-state index contributed by atoms with van der Waals surface area (Å²) in [5.41, 5.74) is 6.84. The molecule has 2 aliphatic rings. The molecule has 3 heterocycles. The maximum Gasteiger partial charge on any atom is 0.274 e. The van der Waals surface area contributed by atoms with Gasteiger partial charge in [0, 0.05) is 32.2 Å². The van der Waals surface area contributed by atoms with Crippen molar-refractivity contribution in [2.45, 2.75) is 31.8 Å². The molecule has 2 fully saturated rings. The van der Waals surface area contributed by atoms with Gasteiger partial charge in [0.15, 0.2) is 0 Å². The van der Waals surface area contributed by atoms with E-state index in [-0.39, 0.29) is 11.9 Å². The van der Waals surface area contributed by atoms with E-state index in [4.69, 9.17) is 5.73 Å². The standard InChI is InChI=1S/C13H21N5O/c1-9-7-17-5-3-4-10(17)8-18(9)13(19)12-11(14)6-15-16(12)2/h6,9-10H,3-5,7-8,14H2,1-2H3. The molecule has 0 saturated carbocycles. The summed E-state index contributed by atoms with van der Waals surface area (Å²) in [6.07, 6.45) is 3.98. The number of nitrogen functional groups attached to an aromatic ring is 1. The topological polar surface area (TPSA) is 67.4 Å². The van der Waals surface area contributed by atoms with Crippen LogP contribution in [0.4, 0.5) is 5.69 Å². The summed E-state index contributed by atoms with van der Waals surface area (Å²) in [4.78, 5) is 17.1. The zero-order valence-electron chi connectivity index (χ0n) is 11.5. The molecule has 0 radical (unpaired) electrons. The van der Waals surface area contributed by atoms with Crippen LogP contribution in [0.5, 0.6) is 0 Å². The fraction of sp³-hybridized carbons (Fsp3) is 0.692. The molecule has 1 aromatic heterocycles. The maximum absolute atomic E-state index is 12.7. The van der Waals surface area contributed by atoms with Gasteiger partial charge in [0.05, 0.1) is 11.9 Å². The molecule has 0 spiro atoms. The lowest BCUT2D eigenvalue weighted by Gasteiger charge is -2.42. The summed E-state index contributed by atoms with van der Waals surface area (Å²) in [7, 11) is 1.76. The highest BCUT2D eigenvalue weighted by atomic mass is 16.2. The van der Waals surface area contributed by atoms with Crippen molar-refractivity contribution in [3.63, 3.8) is 0 Å². The smallest absolute Gasteiger partial charge is 0.274 e. The van der Waals surface area contributed by atoms with Gasteiger partial charge >= 0.3 is 0 Å². The van der Waals surface area contributed by atoms with Crippen LogP contribution < -0.4 is 5.73 Å². The molecule has 2 atom stereocenters. The fourth-order valence-electron chi connectivity index (χ4n) is 3.32. The lowest BCUT2D eigenvalue weighted by molar-refractivity contribution is 0.0387. The Kier molecular flexibility index (Phi) is 2.97. The van der Waals surface area contributed by atoms with Crippen LogP contribution in [-0.2, 0) is 7.05 Å². The van der Waals surface area contributed by atoms with Gasteiger partial charge in [-0.25, -0.2) is 0 Å². The normalized spacial score (nSPS) is 27.6. The zero-order chi connectivity index (χ0) is 13.6. The van der Waals surface area contributed by atoms with Crippen LogP contribution in [-0.4, -0.2) is 57.2 Å². The van der Waals surface area contributed by atoms with Crippen molar-refractivity contribution < 1.29 is 4.79 Å². The molecule has 0 bridgehead atoms. The van der Waals surface area contributed by atoms with E-state index < -0.39 is 0 Å². The predicted octanol–water partition coefficient (Wildman–Crippen LogP) is 0.311. The number of anilines is 1. The number of carbonyl (C=O) groups is 1. The number of rotatable bonds is 1. The van der Waals surface area contributed by atoms with Crippen molar-refractivity contribution in [1.82, 2.24) is 19.6 Å². The lowest BCUT2D eigenvalue weighted by Crippen LogP contribution is -2.57. The van der Waals surface area contributed by atoms with E-state index in [1.807, 2.05) is 4.90 Å².